The zero-order valence-corrected chi connectivity index (χ0v) is 21.8. The van der Waals surface area contributed by atoms with Crippen molar-refractivity contribution in [1.82, 2.24) is 10.2 Å². The van der Waals surface area contributed by atoms with Gasteiger partial charge in [-0.1, -0.05) is 6.07 Å². The minimum Gasteiger partial charge on any atom is -0.486 e. The molecule has 2 heterocycles. The summed E-state index contributed by atoms with van der Waals surface area (Å²) in [5, 5.41) is 2.99. The number of unbranched alkanes of at least 4 members (excludes halogenated alkanes) is 1. The maximum atomic E-state index is 13.2. The molecular formula is C28H42F2N2O4. The van der Waals surface area contributed by atoms with Gasteiger partial charge in [0.25, 0.3) is 0 Å². The average molecular weight is 509 g/mol. The number of ether oxygens (including phenoxy) is 2. The Balaban J connectivity index is 0.000000526. The molecule has 8 heteroatoms. The lowest BCUT2D eigenvalue weighted by Crippen LogP contribution is -2.34. The average Bonchev–Trinajstić information content (AvgIpc) is 3.33. The van der Waals surface area contributed by atoms with Crippen LogP contribution >= 0.6 is 0 Å². The standard InChI is InChI=1S/C23H31F2NO4.C5H11N/c1-16(14-17-6-7-20-21(15-17)30-13-12-29-20)26-22(28)5-3-2-4-19(27)18-8-10-23(24,25)11-9-18;1-6-4-2-3-5-6/h6-7,15-16,18H,2-5,8-14H2,1H3,(H,26,28);2-5H2,1H3. The molecule has 1 unspecified atom stereocenters. The van der Waals surface area contributed by atoms with Crippen molar-refractivity contribution in [3.8, 4) is 11.5 Å². The Hall–Kier alpha value is -2.22. The zero-order valence-electron chi connectivity index (χ0n) is 21.8. The molecule has 2 aliphatic heterocycles. The van der Waals surface area contributed by atoms with Gasteiger partial charge in [-0.25, -0.2) is 8.78 Å². The quantitative estimate of drug-likeness (QED) is 0.466. The summed E-state index contributed by atoms with van der Waals surface area (Å²) >= 11 is 0. The molecule has 1 atom stereocenters. The molecule has 3 aliphatic rings. The SMILES string of the molecule is CC(Cc1ccc2c(c1)OCCO2)NC(=O)CCCCC(=O)C1CCC(F)(F)CC1.CN1CCCC1. The van der Waals surface area contributed by atoms with Crippen LogP contribution in [0.1, 0.15) is 76.7 Å². The number of likely N-dealkylation sites (tertiary alicyclic amines) is 1. The number of carbonyl (C=O) groups is 2. The molecular weight excluding hydrogens is 466 g/mol. The number of nitrogens with zero attached hydrogens (tertiary/aromatic N) is 1. The molecule has 1 aromatic carbocycles. The molecule has 1 saturated carbocycles. The van der Waals surface area contributed by atoms with Gasteiger partial charge < -0.3 is 19.7 Å². The molecule has 0 bridgehead atoms. The first-order valence-corrected chi connectivity index (χ1v) is 13.5. The Labute approximate surface area is 214 Å². The van der Waals surface area contributed by atoms with Crippen molar-refractivity contribution in [2.45, 2.75) is 89.5 Å². The highest BCUT2D eigenvalue weighted by molar-refractivity contribution is 5.81. The van der Waals surface area contributed by atoms with E-state index in [0.717, 1.165) is 17.1 Å². The lowest BCUT2D eigenvalue weighted by atomic mass is 9.83. The number of ketones is 1. The summed E-state index contributed by atoms with van der Waals surface area (Å²) in [5.74, 6) is -1.32. The third-order valence-corrected chi connectivity index (χ3v) is 7.14. The second-order valence-electron chi connectivity index (χ2n) is 10.5. The molecule has 0 radical (unpaired) electrons. The highest BCUT2D eigenvalue weighted by atomic mass is 19.3. The van der Waals surface area contributed by atoms with Crippen LogP contribution in [-0.4, -0.2) is 61.9 Å². The van der Waals surface area contributed by atoms with Gasteiger partial charge in [-0.05, 0) is 89.7 Å². The van der Waals surface area contributed by atoms with Crippen molar-refractivity contribution < 1.29 is 27.8 Å². The van der Waals surface area contributed by atoms with E-state index in [2.05, 4.69) is 17.3 Å². The minimum atomic E-state index is -2.61. The van der Waals surface area contributed by atoms with E-state index in [1.54, 1.807) is 0 Å². The van der Waals surface area contributed by atoms with Crippen molar-refractivity contribution in [3.63, 3.8) is 0 Å². The van der Waals surface area contributed by atoms with Gasteiger partial charge in [-0.2, -0.15) is 0 Å². The number of amides is 1. The largest absolute Gasteiger partial charge is 0.486 e. The van der Waals surface area contributed by atoms with Crippen LogP contribution in [0.25, 0.3) is 0 Å². The number of Topliss-reactive ketones (excluding diaryl/α,β-unsaturated/α-hetero) is 1. The van der Waals surface area contributed by atoms with E-state index < -0.39 is 5.92 Å². The monoisotopic (exact) mass is 508 g/mol. The Morgan fingerprint density at radius 3 is 2.33 bits per heavy atom. The van der Waals surface area contributed by atoms with E-state index >= 15 is 0 Å². The van der Waals surface area contributed by atoms with Crippen LogP contribution in [0, 0.1) is 5.92 Å². The lowest BCUT2D eigenvalue weighted by molar-refractivity contribution is -0.127. The first-order chi connectivity index (χ1) is 17.2. The van der Waals surface area contributed by atoms with E-state index in [1.807, 2.05) is 25.1 Å². The number of nitrogens with one attached hydrogen (secondary N) is 1. The number of halogens is 2. The first kappa shape index (κ1) is 28.4. The summed E-state index contributed by atoms with van der Waals surface area (Å²) in [4.78, 5) is 26.7. The van der Waals surface area contributed by atoms with Gasteiger partial charge in [-0.15, -0.1) is 0 Å². The number of fused-ring (bicyclic) bond motifs is 1. The lowest BCUT2D eigenvalue weighted by Gasteiger charge is -2.27. The van der Waals surface area contributed by atoms with Gasteiger partial charge in [-0.3, -0.25) is 9.59 Å². The fourth-order valence-corrected chi connectivity index (χ4v) is 4.99. The number of hydrogen-bond acceptors (Lipinski definition) is 5. The maximum Gasteiger partial charge on any atom is 0.248 e. The Morgan fingerprint density at radius 2 is 1.69 bits per heavy atom. The maximum absolute atomic E-state index is 13.2. The molecule has 0 aromatic heterocycles. The summed E-state index contributed by atoms with van der Waals surface area (Å²) in [6.07, 6.45) is 5.68. The second-order valence-corrected chi connectivity index (χ2v) is 10.5. The summed E-state index contributed by atoms with van der Waals surface area (Å²) in [7, 11) is 2.17. The topological polar surface area (TPSA) is 67.9 Å². The molecule has 1 aliphatic carbocycles. The minimum absolute atomic E-state index is 0.0226. The molecule has 2 fully saturated rings. The van der Waals surface area contributed by atoms with E-state index in [4.69, 9.17) is 9.47 Å². The van der Waals surface area contributed by atoms with E-state index in [1.165, 1.54) is 25.9 Å². The number of benzene rings is 1. The predicted octanol–water partition coefficient (Wildman–Crippen LogP) is 5.17. The van der Waals surface area contributed by atoms with Crippen molar-refractivity contribution >= 4 is 11.7 Å². The van der Waals surface area contributed by atoms with Gasteiger partial charge in [0, 0.05) is 37.6 Å². The Bertz CT molecular complexity index is 848. The van der Waals surface area contributed by atoms with Crippen LogP contribution in [0.4, 0.5) is 8.78 Å². The van der Waals surface area contributed by atoms with Crippen LogP contribution in [0.3, 0.4) is 0 Å². The summed E-state index contributed by atoms with van der Waals surface area (Å²) in [6.45, 7) is 5.69. The third-order valence-electron chi connectivity index (χ3n) is 7.14. The summed E-state index contributed by atoms with van der Waals surface area (Å²) < 4.78 is 37.5. The highest BCUT2D eigenvalue weighted by Crippen LogP contribution is 2.37. The third kappa shape index (κ3) is 9.68. The van der Waals surface area contributed by atoms with E-state index in [9.17, 15) is 18.4 Å². The van der Waals surface area contributed by atoms with Gasteiger partial charge in [0.1, 0.15) is 19.0 Å². The van der Waals surface area contributed by atoms with E-state index in [-0.39, 0.29) is 49.3 Å². The number of rotatable bonds is 9. The fraction of sp³-hybridized carbons (Fsp3) is 0.714. The van der Waals surface area contributed by atoms with Crippen molar-refractivity contribution in [2.75, 3.05) is 33.4 Å². The second kappa shape index (κ2) is 13.9. The smallest absolute Gasteiger partial charge is 0.248 e. The van der Waals surface area contributed by atoms with Crippen LogP contribution < -0.4 is 14.8 Å². The van der Waals surface area contributed by atoms with Crippen LogP contribution in [-0.2, 0) is 16.0 Å². The number of hydrogen-bond donors (Lipinski definition) is 1. The molecule has 6 nitrogen and oxygen atoms in total. The van der Waals surface area contributed by atoms with E-state index in [0.29, 0.717) is 45.3 Å². The summed E-state index contributed by atoms with van der Waals surface area (Å²) in [6, 6.07) is 5.79. The van der Waals surface area contributed by atoms with Gasteiger partial charge >= 0.3 is 0 Å². The molecule has 4 rings (SSSR count). The number of carbonyl (C=O) groups excluding carboxylic acids is 2. The fourth-order valence-electron chi connectivity index (χ4n) is 4.99. The molecule has 202 valence electrons. The van der Waals surface area contributed by atoms with Gasteiger partial charge in [0.15, 0.2) is 11.5 Å². The van der Waals surface area contributed by atoms with Crippen LogP contribution in [0.2, 0.25) is 0 Å². The predicted molar refractivity (Wildman–Crippen MR) is 136 cm³/mol. The van der Waals surface area contributed by atoms with Crippen LogP contribution in [0.5, 0.6) is 11.5 Å². The molecule has 1 aromatic rings. The summed E-state index contributed by atoms with van der Waals surface area (Å²) in [5.41, 5.74) is 1.07. The van der Waals surface area contributed by atoms with Crippen molar-refractivity contribution in [3.05, 3.63) is 23.8 Å². The molecule has 0 spiro atoms. The molecule has 1 saturated heterocycles. The van der Waals surface area contributed by atoms with Crippen molar-refractivity contribution in [2.24, 2.45) is 5.92 Å². The number of alkyl halides is 2. The first-order valence-electron chi connectivity index (χ1n) is 13.5. The molecule has 36 heavy (non-hydrogen) atoms. The van der Waals surface area contributed by atoms with Crippen molar-refractivity contribution in [1.29, 1.82) is 0 Å². The van der Waals surface area contributed by atoms with Gasteiger partial charge in [0.05, 0.1) is 0 Å². The molecule has 1 N–H and O–H groups in total. The zero-order chi connectivity index (χ0) is 26.0. The Kier molecular flexibility index (Phi) is 11.0. The van der Waals surface area contributed by atoms with Crippen LogP contribution in [0.15, 0.2) is 18.2 Å². The van der Waals surface area contributed by atoms with Gasteiger partial charge in [0.2, 0.25) is 11.8 Å². The molecule has 1 amide bonds. The Morgan fingerprint density at radius 1 is 1.06 bits per heavy atom. The highest BCUT2D eigenvalue weighted by Gasteiger charge is 2.36. The normalized spacial score (nSPS) is 20.2.